The number of hydrogen-bond donors (Lipinski definition) is 2. The molecule has 0 radical (unpaired) electrons. The Bertz CT molecular complexity index is 349. The van der Waals surface area contributed by atoms with Crippen LogP contribution in [0.4, 0.5) is 0 Å². The van der Waals surface area contributed by atoms with E-state index in [1.807, 2.05) is 12.1 Å². The van der Waals surface area contributed by atoms with Crippen LogP contribution in [-0.2, 0) is 0 Å². The summed E-state index contributed by atoms with van der Waals surface area (Å²) in [6.45, 7) is 7.01. The fourth-order valence-corrected chi connectivity index (χ4v) is 1.46. The normalized spacial score (nSPS) is 12.4. The van der Waals surface area contributed by atoms with Crippen LogP contribution in [0.5, 0.6) is 0 Å². The Balaban J connectivity index is 2.96. The van der Waals surface area contributed by atoms with Crippen molar-refractivity contribution in [3.8, 4) is 0 Å². The van der Waals surface area contributed by atoms with Gasteiger partial charge in [-0.25, -0.2) is 0 Å². The average Bonchev–Trinajstić information content (AvgIpc) is 2.56. The first-order valence-corrected chi connectivity index (χ1v) is 5.35. The Morgan fingerprint density at radius 3 is 2.60 bits per heavy atom. The van der Waals surface area contributed by atoms with E-state index < -0.39 is 0 Å². The molecule has 0 aliphatic rings. The Morgan fingerprint density at radius 2 is 2.13 bits per heavy atom. The molecule has 0 bridgehead atoms. The van der Waals surface area contributed by atoms with E-state index in [0.29, 0.717) is 11.8 Å². The van der Waals surface area contributed by atoms with Crippen molar-refractivity contribution in [1.82, 2.24) is 4.68 Å². The van der Waals surface area contributed by atoms with Crippen LogP contribution in [0.15, 0.2) is 17.1 Å². The van der Waals surface area contributed by atoms with Gasteiger partial charge in [0.15, 0.2) is 0 Å². The fourth-order valence-electron chi connectivity index (χ4n) is 1.46. The summed E-state index contributed by atoms with van der Waals surface area (Å²) < 4.78 is 1.62. The first-order valence-electron chi connectivity index (χ1n) is 5.35. The maximum absolute atomic E-state index is 5.93. The number of nitrogen functional groups attached to an aromatic ring is 1. The van der Waals surface area contributed by atoms with Crippen molar-refractivity contribution >= 4 is 5.84 Å². The van der Waals surface area contributed by atoms with Crippen LogP contribution in [0.1, 0.15) is 44.5 Å². The summed E-state index contributed by atoms with van der Waals surface area (Å²) in [7, 11) is 0. The molecule has 1 aromatic rings. The van der Waals surface area contributed by atoms with Crippen LogP contribution in [0.2, 0.25) is 0 Å². The fraction of sp³-hybridized carbons (Fsp3) is 0.545. The van der Waals surface area contributed by atoms with Crippen molar-refractivity contribution in [3.63, 3.8) is 0 Å². The van der Waals surface area contributed by atoms with Gasteiger partial charge in [-0.3, -0.25) is 9.67 Å². The predicted octanol–water partition coefficient (Wildman–Crippen LogP) is 1.44. The highest BCUT2D eigenvalue weighted by Gasteiger charge is 2.10. The number of aromatic nitrogens is 1. The van der Waals surface area contributed by atoms with Gasteiger partial charge in [0.2, 0.25) is 0 Å². The minimum atomic E-state index is 0.391. The predicted molar refractivity (Wildman–Crippen MR) is 64.6 cm³/mol. The number of amidine groups is 1. The van der Waals surface area contributed by atoms with Crippen LogP contribution in [0.3, 0.4) is 0 Å². The zero-order chi connectivity index (χ0) is 11.4. The van der Waals surface area contributed by atoms with E-state index in [0.717, 1.165) is 24.4 Å². The van der Waals surface area contributed by atoms with Crippen LogP contribution >= 0.6 is 0 Å². The third-order valence-electron chi connectivity index (χ3n) is 2.31. The topological polar surface area (TPSA) is 69.3 Å². The molecule has 4 N–H and O–H groups in total. The minimum absolute atomic E-state index is 0.391. The first kappa shape index (κ1) is 11.6. The second-order valence-corrected chi connectivity index (χ2v) is 3.94. The van der Waals surface area contributed by atoms with E-state index in [-0.39, 0.29) is 0 Å². The monoisotopic (exact) mass is 208 g/mol. The zero-order valence-electron chi connectivity index (χ0n) is 9.70. The lowest BCUT2D eigenvalue weighted by Gasteiger charge is -2.09. The highest BCUT2D eigenvalue weighted by atomic mass is 15.3. The molecule has 0 saturated carbocycles. The third kappa shape index (κ3) is 2.52. The maximum Gasteiger partial charge on any atom is 0.144 e. The van der Waals surface area contributed by atoms with E-state index in [2.05, 4.69) is 25.8 Å². The molecule has 1 heterocycles. The Kier molecular flexibility index (Phi) is 3.77. The van der Waals surface area contributed by atoms with Crippen molar-refractivity contribution in [2.45, 2.75) is 33.1 Å². The second-order valence-electron chi connectivity index (χ2n) is 3.94. The van der Waals surface area contributed by atoms with E-state index >= 15 is 0 Å². The van der Waals surface area contributed by atoms with Gasteiger partial charge in [-0.1, -0.05) is 20.8 Å². The molecule has 4 heteroatoms. The lowest BCUT2D eigenvalue weighted by atomic mass is 10.1. The molecule has 0 unspecified atom stereocenters. The molecule has 0 atom stereocenters. The molecular formula is C11H20N4. The Labute approximate surface area is 91.0 Å². The highest BCUT2D eigenvalue weighted by Crippen LogP contribution is 2.15. The Hall–Kier alpha value is -1.45. The number of nitrogens with two attached hydrogens (primary N) is 2. The van der Waals surface area contributed by atoms with Crippen LogP contribution in [-0.4, -0.2) is 17.1 Å². The summed E-state index contributed by atoms with van der Waals surface area (Å²) in [5.41, 5.74) is 7.71. The van der Waals surface area contributed by atoms with Crippen molar-refractivity contribution in [2.75, 3.05) is 12.4 Å². The van der Waals surface area contributed by atoms with Crippen LogP contribution < -0.4 is 11.6 Å². The summed E-state index contributed by atoms with van der Waals surface area (Å²) in [6, 6.07) is 3.91. The summed E-state index contributed by atoms with van der Waals surface area (Å²) in [4.78, 5) is 4.24. The number of hydrogen-bond acceptors (Lipinski definition) is 2. The van der Waals surface area contributed by atoms with E-state index in [1.54, 1.807) is 4.68 Å². The molecule has 0 aliphatic heterocycles. The van der Waals surface area contributed by atoms with Gasteiger partial charge in [0.25, 0.3) is 0 Å². The molecule has 0 fully saturated rings. The largest absolute Gasteiger partial charge is 0.382 e. The summed E-state index contributed by atoms with van der Waals surface area (Å²) in [6.07, 6.45) is 0.989. The van der Waals surface area contributed by atoms with Gasteiger partial charge in [0.05, 0.1) is 0 Å². The molecule has 0 spiro atoms. The van der Waals surface area contributed by atoms with Gasteiger partial charge in [-0.15, -0.1) is 0 Å². The quantitative estimate of drug-likeness (QED) is 0.446. The molecule has 0 aliphatic carbocycles. The highest BCUT2D eigenvalue weighted by molar-refractivity contribution is 5.96. The zero-order valence-corrected chi connectivity index (χ0v) is 9.70. The molecule has 1 aromatic heterocycles. The molecule has 15 heavy (non-hydrogen) atoms. The van der Waals surface area contributed by atoms with Crippen molar-refractivity contribution in [1.29, 1.82) is 0 Å². The maximum atomic E-state index is 5.93. The second kappa shape index (κ2) is 4.87. The van der Waals surface area contributed by atoms with Crippen LogP contribution in [0.25, 0.3) is 0 Å². The number of rotatable bonds is 4. The average molecular weight is 208 g/mol. The van der Waals surface area contributed by atoms with Gasteiger partial charge < -0.3 is 11.6 Å². The molecule has 0 saturated heterocycles. The van der Waals surface area contributed by atoms with Gasteiger partial charge >= 0.3 is 0 Å². The van der Waals surface area contributed by atoms with E-state index in [1.165, 1.54) is 0 Å². The molecular weight excluding hydrogens is 188 g/mol. The molecule has 4 nitrogen and oxygen atoms in total. The third-order valence-corrected chi connectivity index (χ3v) is 2.31. The molecule has 1 rings (SSSR count). The smallest absolute Gasteiger partial charge is 0.144 e. The van der Waals surface area contributed by atoms with Gasteiger partial charge in [0, 0.05) is 12.2 Å². The minimum Gasteiger partial charge on any atom is -0.382 e. The number of nitrogens with zero attached hydrogens (tertiary/aromatic N) is 2. The Morgan fingerprint density at radius 1 is 1.47 bits per heavy atom. The van der Waals surface area contributed by atoms with Gasteiger partial charge in [-0.05, 0) is 24.5 Å². The van der Waals surface area contributed by atoms with Gasteiger partial charge in [-0.2, -0.15) is 0 Å². The van der Waals surface area contributed by atoms with Crippen molar-refractivity contribution in [3.05, 3.63) is 23.5 Å². The lowest BCUT2D eigenvalue weighted by Crippen LogP contribution is -2.24. The summed E-state index contributed by atoms with van der Waals surface area (Å²) >= 11 is 0. The summed E-state index contributed by atoms with van der Waals surface area (Å²) in [5, 5.41) is 0. The molecule has 84 valence electrons. The molecule has 0 aromatic carbocycles. The van der Waals surface area contributed by atoms with E-state index in [9.17, 15) is 0 Å². The molecule has 0 amide bonds. The lowest BCUT2D eigenvalue weighted by molar-refractivity contribution is 0.765. The van der Waals surface area contributed by atoms with Gasteiger partial charge in [0.1, 0.15) is 11.5 Å². The summed E-state index contributed by atoms with van der Waals surface area (Å²) in [5.74, 6) is 6.84. The standard InChI is InChI=1S/C11H20N4/c1-4-7-14-11(12)10-6-5-9(8(2)3)15(10)13/h5-6,8H,4,7,13H2,1-3H3,(H2,12,14). The van der Waals surface area contributed by atoms with Crippen molar-refractivity contribution in [2.24, 2.45) is 10.7 Å². The number of aliphatic imine (C=N–C) groups is 1. The van der Waals surface area contributed by atoms with E-state index in [4.69, 9.17) is 11.6 Å². The van der Waals surface area contributed by atoms with Crippen molar-refractivity contribution < 1.29 is 0 Å². The first-order chi connectivity index (χ1) is 7.07. The SMILES string of the molecule is CCCN=C(N)c1ccc(C(C)C)n1N. The van der Waals surface area contributed by atoms with Crippen LogP contribution in [0, 0.1) is 0 Å².